The molecule has 0 aliphatic carbocycles. The van der Waals surface area contributed by atoms with Gasteiger partial charge < -0.3 is 9.64 Å². The zero-order chi connectivity index (χ0) is 22.6. The molecule has 4 rings (SSSR count). The summed E-state index contributed by atoms with van der Waals surface area (Å²) in [7, 11) is -7.75. The highest BCUT2D eigenvalue weighted by molar-refractivity contribution is 7.92. The summed E-state index contributed by atoms with van der Waals surface area (Å²) in [6.07, 6.45) is 1.43. The van der Waals surface area contributed by atoms with Gasteiger partial charge in [0.05, 0.1) is 17.1 Å². The molecule has 0 aromatic heterocycles. The molecule has 0 bridgehead atoms. The summed E-state index contributed by atoms with van der Waals surface area (Å²) in [6, 6.07) is 10.6. The van der Waals surface area contributed by atoms with E-state index in [1.807, 2.05) is 4.90 Å². The molecule has 1 fully saturated rings. The fraction of sp³-hybridized carbons (Fsp3) is 0.429. The van der Waals surface area contributed by atoms with Crippen LogP contribution in [0.4, 0.5) is 10.1 Å². The molecule has 2 aromatic carbocycles. The van der Waals surface area contributed by atoms with Crippen molar-refractivity contribution in [2.75, 3.05) is 11.4 Å². The topological polar surface area (TPSA) is 92.8 Å². The third kappa shape index (κ3) is 3.70. The normalized spacial score (nSPS) is 22.0. The first-order chi connectivity index (χ1) is 14.4. The third-order valence-corrected chi connectivity index (χ3v) is 9.85. The summed E-state index contributed by atoms with van der Waals surface area (Å²) in [4.78, 5) is 2.14. The van der Waals surface area contributed by atoms with Gasteiger partial charge in [0.2, 0.25) is 15.0 Å². The predicted molar refractivity (Wildman–Crippen MR) is 116 cm³/mol. The van der Waals surface area contributed by atoms with Crippen LogP contribution in [-0.2, 0) is 24.9 Å². The van der Waals surface area contributed by atoms with Gasteiger partial charge in [0.15, 0.2) is 9.84 Å². The van der Waals surface area contributed by atoms with Gasteiger partial charge in [-0.3, -0.25) is 0 Å². The molecule has 2 atom stereocenters. The zero-order valence-electron chi connectivity index (χ0n) is 17.5. The van der Waals surface area contributed by atoms with Gasteiger partial charge in [0.1, 0.15) is 16.4 Å². The standard InChI is InChI=1S/C21H25FN2O5S2/c1-14(2)30(25,26)21(3,22)15-6-4-7-16(12-15)29-17-9-10-18-19(13-17)31(27,28)23-20-8-5-11-24(18)20/h4,6-7,9-10,12-14,20,23H,5,8,11H2,1-3H3. The van der Waals surface area contributed by atoms with Crippen molar-refractivity contribution in [1.82, 2.24) is 4.72 Å². The van der Waals surface area contributed by atoms with E-state index in [1.54, 1.807) is 18.2 Å². The first kappa shape index (κ1) is 22.0. The number of ether oxygens (including phenoxy) is 1. The lowest BCUT2D eigenvalue weighted by molar-refractivity contribution is 0.296. The third-order valence-electron chi connectivity index (χ3n) is 5.81. The van der Waals surface area contributed by atoms with E-state index in [9.17, 15) is 16.8 Å². The minimum absolute atomic E-state index is 0.0501. The average molecular weight is 469 g/mol. The molecule has 1 saturated heterocycles. The van der Waals surface area contributed by atoms with E-state index < -0.39 is 30.1 Å². The number of nitrogens with zero attached hydrogens (tertiary/aromatic N) is 1. The van der Waals surface area contributed by atoms with E-state index in [4.69, 9.17) is 4.74 Å². The number of nitrogens with one attached hydrogen (secondary N) is 1. The van der Waals surface area contributed by atoms with E-state index >= 15 is 4.39 Å². The van der Waals surface area contributed by atoms with Crippen molar-refractivity contribution in [3.8, 4) is 11.5 Å². The predicted octanol–water partition coefficient (Wildman–Crippen LogP) is 3.66. The van der Waals surface area contributed by atoms with E-state index in [-0.39, 0.29) is 28.1 Å². The van der Waals surface area contributed by atoms with Crippen LogP contribution in [0.15, 0.2) is 47.4 Å². The van der Waals surface area contributed by atoms with Crippen LogP contribution in [0.1, 0.15) is 39.2 Å². The molecule has 2 aliphatic rings. The summed E-state index contributed by atoms with van der Waals surface area (Å²) >= 11 is 0. The molecule has 31 heavy (non-hydrogen) atoms. The van der Waals surface area contributed by atoms with Crippen LogP contribution in [0.25, 0.3) is 0 Å². The first-order valence-electron chi connectivity index (χ1n) is 10.1. The monoisotopic (exact) mass is 468 g/mol. The van der Waals surface area contributed by atoms with Crippen LogP contribution in [-0.4, -0.2) is 34.8 Å². The lowest BCUT2D eigenvalue weighted by atomic mass is 10.1. The summed E-state index contributed by atoms with van der Waals surface area (Å²) in [5.74, 6) is 0.465. The number of sulfonamides is 1. The second-order valence-corrected chi connectivity index (χ2v) is 12.7. The SMILES string of the molecule is CC(C)S(=O)(=O)C(C)(F)c1cccc(Oc2ccc3c(c2)S(=O)(=O)NC2CCCN32)c1. The second kappa shape index (κ2) is 7.46. The van der Waals surface area contributed by atoms with Gasteiger partial charge in [0, 0.05) is 18.2 Å². The molecule has 10 heteroatoms. The summed E-state index contributed by atoms with van der Waals surface area (Å²) in [6.45, 7) is 4.65. The summed E-state index contributed by atoms with van der Waals surface area (Å²) in [5, 5.41) is -3.48. The van der Waals surface area contributed by atoms with Crippen molar-refractivity contribution in [1.29, 1.82) is 0 Å². The molecule has 1 N–H and O–H groups in total. The van der Waals surface area contributed by atoms with Crippen LogP contribution in [0.5, 0.6) is 11.5 Å². The van der Waals surface area contributed by atoms with Gasteiger partial charge in [0.25, 0.3) is 0 Å². The highest BCUT2D eigenvalue weighted by atomic mass is 32.2. The number of benzene rings is 2. The molecule has 0 saturated carbocycles. The highest BCUT2D eigenvalue weighted by Gasteiger charge is 2.43. The zero-order valence-corrected chi connectivity index (χ0v) is 19.1. The first-order valence-corrected chi connectivity index (χ1v) is 13.1. The molecule has 7 nitrogen and oxygen atoms in total. The van der Waals surface area contributed by atoms with Crippen LogP contribution in [0.2, 0.25) is 0 Å². The Morgan fingerprint density at radius 1 is 1.19 bits per heavy atom. The number of sulfone groups is 1. The van der Waals surface area contributed by atoms with Gasteiger partial charge in [-0.2, -0.15) is 4.72 Å². The van der Waals surface area contributed by atoms with Crippen molar-refractivity contribution < 1.29 is 26.0 Å². The molecule has 2 aromatic rings. The number of anilines is 1. The molecule has 2 heterocycles. The Bertz CT molecular complexity index is 1230. The van der Waals surface area contributed by atoms with E-state index in [1.165, 1.54) is 38.1 Å². The van der Waals surface area contributed by atoms with Gasteiger partial charge in [-0.15, -0.1) is 0 Å². The maximum Gasteiger partial charge on any atom is 0.244 e. The fourth-order valence-electron chi connectivity index (χ4n) is 4.01. The van der Waals surface area contributed by atoms with Gasteiger partial charge in [-0.05, 0) is 57.9 Å². The lowest BCUT2D eigenvalue weighted by Crippen LogP contribution is -2.48. The Kier molecular flexibility index (Phi) is 5.30. The molecule has 2 unspecified atom stereocenters. The molecule has 0 radical (unpaired) electrons. The second-order valence-electron chi connectivity index (χ2n) is 8.24. The molecule has 0 spiro atoms. The maximum absolute atomic E-state index is 15.3. The van der Waals surface area contributed by atoms with Crippen molar-refractivity contribution in [2.24, 2.45) is 0 Å². The van der Waals surface area contributed by atoms with E-state index in [0.717, 1.165) is 26.3 Å². The van der Waals surface area contributed by atoms with Gasteiger partial charge >= 0.3 is 0 Å². The average Bonchev–Trinajstić information content (AvgIpc) is 3.15. The van der Waals surface area contributed by atoms with Crippen LogP contribution < -0.4 is 14.4 Å². The summed E-state index contributed by atoms with van der Waals surface area (Å²) < 4.78 is 74.0. The fourth-order valence-corrected chi connectivity index (χ4v) is 6.81. The Hall–Kier alpha value is -2.17. The van der Waals surface area contributed by atoms with Crippen molar-refractivity contribution in [2.45, 2.75) is 54.9 Å². The van der Waals surface area contributed by atoms with E-state index in [2.05, 4.69) is 4.72 Å². The van der Waals surface area contributed by atoms with Crippen LogP contribution >= 0.6 is 0 Å². The molecular weight excluding hydrogens is 443 g/mol. The maximum atomic E-state index is 15.3. The molecule has 2 aliphatic heterocycles. The largest absolute Gasteiger partial charge is 0.457 e. The molecule has 168 valence electrons. The van der Waals surface area contributed by atoms with Crippen LogP contribution in [0, 0.1) is 0 Å². The number of fused-ring (bicyclic) bond motifs is 3. The molecule has 0 amide bonds. The Morgan fingerprint density at radius 3 is 2.61 bits per heavy atom. The minimum atomic E-state index is -4.07. The van der Waals surface area contributed by atoms with Crippen molar-refractivity contribution in [3.63, 3.8) is 0 Å². The summed E-state index contributed by atoms with van der Waals surface area (Å²) in [5.41, 5.74) is 0.576. The van der Waals surface area contributed by atoms with Gasteiger partial charge in [-0.1, -0.05) is 12.1 Å². The Morgan fingerprint density at radius 2 is 1.90 bits per heavy atom. The number of halogens is 1. The lowest BCUT2D eigenvalue weighted by Gasteiger charge is -2.34. The van der Waals surface area contributed by atoms with Crippen LogP contribution in [0.3, 0.4) is 0 Å². The van der Waals surface area contributed by atoms with Crippen molar-refractivity contribution >= 4 is 25.5 Å². The molecular formula is C21H25FN2O5S2. The quantitative estimate of drug-likeness (QED) is 0.720. The van der Waals surface area contributed by atoms with Crippen molar-refractivity contribution in [3.05, 3.63) is 48.0 Å². The van der Waals surface area contributed by atoms with Gasteiger partial charge in [-0.25, -0.2) is 21.2 Å². The van der Waals surface area contributed by atoms with E-state index in [0.29, 0.717) is 5.69 Å². The minimum Gasteiger partial charge on any atom is -0.457 e. The number of hydrogen-bond acceptors (Lipinski definition) is 6. The number of alkyl halides is 1. The Labute approximate surface area is 182 Å². The number of hydrogen-bond donors (Lipinski definition) is 1. The smallest absolute Gasteiger partial charge is 0.244 e. The Balaban J connectivity index is 1.67. The highest BCUT2D eigenvalue weighted by Crippen LogP contribution is 2.40. The number of rotatable bonds is 5.